The summed E-state index contributed by atoms with van der Waals surface area (Å²) in [6.45, 7) is 6.79. The summed E-state index contributed by atoms with van der Waals surface area (Å²) < 4.78 is 0. The van der Waals surface area contributed by atoms with E-state index in [4.69, 9.17) is 0 Å². The Labute approximate surface area is 124 Å². The number of hydrogen-bond donors (Lipinski definition) is 1. The molecule has 21 heavy (non-hydrogen) atoms. The zero-order valence-corrected chi connectivity index (χ0v) is 12.5. The highest BCUT2D eigenvalue weighted by molar-refractivity contribution is 6.35. The first-order valence-corrected chi connectivity index (χ1v) is 7.28. The monoisotopic (exact) mass is 291 g/mol. The van der Waals surface area contributed by atoms with Crippen molar-refractivity contribution in [2.24, 2.45) is 0 Å². The third-order valence-corrected chi connectivity index (χ3v) is 3.39. The number of aromatic nitrogens is 2. The topological polar surface area (TPSA) is 78.4 Å². The van der Waals surface area contributed by atoms with Crippen LogP contribution in [-0.4, -0.2) is 57.8 Å². The third-order valence-electron chi connectivity index (χ3n) is 3.39. The molecule has 0 aromatic carbocycles. The number of amides is 2. The quantitative estimate of drug-likeness (QED) is 0.772. The predicted octanol–water partition coefficient (Wildman–Crippen LogP) is 0.489. The summed E-state index contributed by atoms with van der Waals surface area (Å²) in [4.78, 5) is 35.4. The SMILES string of the molecule is CCCNc1cnc(CN2CCN(CC)C(=O)C2=O)cn1. The largest absolute Gasteiger partial charge is 0.369 e. The van der Waals surface area contributed by atoms with Crippen LogP contribution in [0.15, 0.2) is 12.4 Å². The smallest absolute Gasteiger partial charge is 0.312 e. The van der Waals surface area contributed by atoms with E-state index >= 15 is 0 Å². The maximum atomic E-state index is 12.0. The lowest BCUT2D eigenvalue weighted by Crippen LogP contribution is -2.53. The van der Waals surface area contributed by atoms with Crippen LogP contribution in [0.3, 0.4) is 0 Å². The molecule has 2 amide bonds. The van der Waals surface area contributed by atoms with Crippen LogP contribution < -0.4 is 5.32 Å². The van der Waals surface area contributed by atoms with E-state index < -0.39 is 11.8 Å². The van der Waals surface area contributed by atoms with Gasteiger partial charge in [0.05, 0.1) is 24.6 Å². The molecule has 1 N–H and O–H groups in total. The van der Waals surface area contributed by atoms with E-state index in [0.29, 0.717) is 31.9 Å². The molecule has 1 aromatic rings. The van der Waals surface area contributed by atoms with Gasteiger partial charge in [-0.3, -0.25) is 14.6 Å². The molecular formula is C14H21N5O2. The second-order valence-electron chi connectivity index (χ2n) is 4.93. The molecule has 1 aliphatic heterocycles. The second kappa shape index (κ2) is 7.01. The number of nitrogens with one attached hydrogen (secondary N) is 1. The van der Waals surface area contributed by atoms with E-state index in [1.807, 2.05) is 6.92 Å². The first kappa shape index (κ1) is 15.2. The summed E-state index contributed by atoms with van der Waals surface area (Å²) in [6, 6.07) is 0. The van der Waals surface area contributed by atoms with Crippen LogP contribution in [0, 0.1) is 0 Å². The summed E-state index contributed by atoms with van der Waals surface area (Å²) in [5.74, 6) is -0.171. The Kier molecular flexibility index (Phi) is 5.08. The minimum absolute atomic E-state index is 0.323. The summed E-state index contributed by atoms with van der Waals surface area (Å²) in [7, 11) is 0. The molecule has 7 nitrogen and oxygen atoms in total. The zero-order valence-electron chi connectivity index (χ0n) is 12.5. The van der Waals surface area contributed by atoms with E-state index in [1.54, 1.807) is 17.3 Å². The van der Waals surface area contributed by atoms with Crippen molar-refractivity contribution in [1.29, 1.82) is 0 Å². The van der Waals surface area contributed by atoms with E-state index in [1.165, 1.54) is 4.90 Å². The van der Waals surface area contributed by atoms with Crippen molar-refractivity contribution in [1.82, 2.24) is 19.8 Å². The molecule has 0 unspecified atom stereocenters. The van der Waals surface area contributed by atoms with Gasteiger partial charge in [-0.1, -0.05) is 6.92 Å². The van der Waals surface area contributed by atoms with Crippen LogP contribution in [0.4, 0.5) is 5.82 Å². The molecule has 1 aromatic heterocycles. The van der Waals surface area contributed by atoms with Crippen LogP contribution in [-0.2, 0) is 16.1 Å². The number of nitrogens with zero attached hydrogens (tertiary/aromatic N) is 4. The maximum absolute atomic E-state index is 12.0. The Morgan fingerprint density at radius 1 is 1.10 bits per heavy atom. The zero-order chi connectivity index (χ0) is 15.2. The van der Waals surface area contributed by atoms with E-state index in [9.17, 15) is 9.59 Å². The Morgan fingerprint density at radius 2 is 1.81 bits per heavy atom. The van der Waals surface area contributed by atoms with Gasteiger partial charge in [0.1, 0.15) is 5.82 Å². The molecule has 1 saturated heterocycles. The normalized spacial score (nSPS) is 15.5. The lowest BCUT2D eigenvalue weighted by molar-refractivity contribution is -0.156. The number of hydrogen-bond acceptors (Lipinski definition) is 5. The van der Waals surface area contributed by atoms with Crippen molar-refractivity contribution in [3.05, 3.63) is 18.1 Å². The van der Waals surface area contributed by atoms with Crippen molar-refractivity contribution < 1.29 is 9.59 Å². The summed E-state index contributed by atoms with van der Waals surface area (Å²) >= 11 is 0. The number of rotatable bonds is 6. The van der Waals surface area contributed by atoms with Crippen LogP contribution in [0.1, 0.15) is 26.0 Å². The van der Waals surface area contributed by atoms with Gasteiger partial charge < -0.3 is 15.1 Å². The molecule has 0 atom stereocenters. The van der Waals surface area contributed by atoms with Gasteiger partial charge in [-0.25, -0.2) is 4.98 Å². The average Bonchev–Trinajstić information content (AvgIpc) is 2.51. The molecule has 1 aliphatic rings. The Bertz CT molecular complexity index is 503. The third kappa shape index (κ3) is 3.68. The van der Waals surface area contributed by atoms with E-state index in [0.717, 1.165) is 18.8 Å². The molecule has 0 aliphatic carbocycles. The first-order chi connectivity index (χ1) is 10.2. The highest BCUT2D eigenvalue weighted by Gasteiger charge is 2.31. The molecule has 0 saturated carbocycles. The lowest BCUT2D eigenvalue weighted by Gasteiger charge is -2.32. The minimum Gasteiger partial charge on any atom is -0.369 e. The minimum atomic E-state index is -0.460. The molecule has 0 bridgehead atoms. The molecule has 0 radical (unpaired) electrons. The van der Waals surface area contributed by atoms with Gasteiger partial charge in [0.25, 0.3) is 0 Å². The Morgan fingerprint density at radius 3 is 2.43 bits per heavy atom. The number of likely N-dealkylation sites (N-methyl/N-ethyl adjacent to an activating group) is 1. The molecule has 2 heterocycles. The maximum Gasteiger partial charge on any atom is 0.312 e. The molecule has 2 rings (SSSR count). The van der Waals surface area contributed by atoms with Crippen LogP contribution in [0.5, 0.6) is 0 Å². The molecular weight excluding hydrogens is 270 g/mol. The summed E-state index contributed by atoms with van der Waals surface area (Å²) in [5, 5.41) is 3.14. The van der Waals surface area contributed by atoms with Gasteiger partial charge in [-0.15, -0.1) is 0 Å². The highest BCUT2D eigenvalue weighted by atomic mass is 16.2. The molecule has 1 fully saturated rings. The standard InChI is InChI=1S/C14H21N5O2/c1-3-5-15-12-9-16-11(8-17-12)10-19-7-6-18(4-2)13(20)14(19)21/h8-9H,3-7,10H2,1-2H3,(H,15,17). The van der Waals surface area contributed by atoms with Gasteiger partial charge in [0.2, 0.25) is 0 Å². The fourth-order valence-corrected chi connectivity index (χ4v) is 2.14. The van der Waals surface area contributed by atoms with Crippen molar-refractivity contribution >= 4 is 17.6 Å². The number of carbonyl (C=O) groups excluding carboxylic acids is 2. The summed E-state index contributed by atoms with van der Waals surface area (Å²) in [5.41, 5.74) is 0.683. The van der Waals surface area contributed by atoms with Crippen LogP contribution in [0.25, 0.3) is 0 Å². The fraction of sp³-hybridized carbons (Fsp3) is 0.571. The Balaban J connectivity index is 1.95. The van der Waals surface area contributed by atoms with Gasteiger partial charge in [-0.05, 0) is 13.3 Å². The highest BCUT2D eigenvalue weighted by Crippen LogP contribution is 2.09. The van der Waals surface area contributed by atoms with Gasteiger partial charge in [-0.2, -0.15) is 0 Å². The van der Waals surface area contributed by atoms with Crippen molar-refractivity contribution in [3.8, 4) is 0 Å². The second-order valence-corrected chi connectivity index (χ2v) is 4.93. The average molecular weight is 291 g/mol. The van der Waals surface area contributed by atoms with Gasteiger partial charge in [0.15, 0.2) is 0 Å². The predicted molar refractivity (Wildman–Crippen MR) is 78.5 cm³/mol. The molecule has 0 spiro atoms. The van der Waals surface area contributed by atoms with E-state index in [-0.39, 0.29) is 0 Å². The van der Waals surface area contributed by atoms with Crippen LogP contribution >= 0.6 is 0 Å². The Hall–Kier alpha value is -2.18. The molecule has 7 heteroatoms. The van der Waals surface area contributed by atoms with Gasteiger partial charge in [0, 0.05) is 26.2 Å². The number of anilines is 1. The van der Waals surface area contributed by atoms with Crippen molar-refractivity contribution in [2.75, 3.05) is 31.5 Å². The van der Waals surface area contributed by atoms with E-state index in [2.05, 4.69) is 22.2 Å². The van der Waals surface area contributed by atoms with Crippen molar-refractivity contribution in [3.63, 3.8) is 0 Å². The lowest BCUT2D eigenvalue weighted by atomic mass is 10.2. The summed E-state index contributed by atoms with van der Waals surface area (Å²) in [6.07, 6.45) is 4.31. The van der Waals surface area contributed by atoms with Crippen molar-refractivity contribution in [2.45, 2.75) is 26.8 Å². The number of carbonyl (C=O) groups is 2. The molecule has 114 valence electrons. The number of piperazine rings is 1. The fourth-order valence-electron chi connectivity index (χ4n) is 2.14. The van der Waals surface area contributed by atoms with Crippen LogP contribution in [0.2, 0.25) is 0 Å². The first-order valence-electron chi connectivity index (χ1n) is 7.28. The van der Waals surface area contributed by atoms with Gasteiger partial charge >= 0.3 is 11.8 Å².